The molecule has 1 aliphatic rings. The maximum absolute atomic E-state index is 5.02. The molecule has 0 fully saturated rings. The Balaban J connectivity index is 1.74. The van der Waals surface area contributed by atoms with Crippen molar-refractivity contribution in [1.82, 2.24) is 9.38 Å². The summed E-state index contributed by atoms with van der Waals surface area (Å²) in [4.78, 5) is 5.02. The lowest BCUT2D eigenvalue weighted by atomic mass is 9.85. The van der Waals surface area contributed by atoms with Crippen LogP contribution in [-0.4, -0.2) is 9.38 Å². The second-order valence-electron chi connectivity index (χ2n) is 9.42. The highest BCUT2D eigenvalue weighted by Gasteiger charge is 2.21. The van der Waals surface area contributed by atoms with E-state index in [1.54, 1.807) is 0 Å². The summed E-state index contributed by atoms with van der Waals surface area (Å²) in [7, 11) is 0. The molecule has 0 radical (unpaired) electrons. The SMILES string of the molecule is C=C(CCC)c1cccc(C2=CCCCC2)c1-c1cnc2c3ccccc3c3ccccc3n12. The number of imidazole rings is 1. The maximum atomic E-state index is 5.02. The molecule has 0 bridgehead atoms. The standard InChI is InChI=1S/C32H30N2/c1-3-12-22(2)24-18-11-19-25(23-13-5-4-6-14-23)31(24)30-21-33-32-28-17-8-7-15-26(28)27-16-9-10-20-29(27)34(30)32/h7-11,13,15-21H,2-6,12,14H2,1H3. The molecule has 168 valence electrons. The molecule has 6 rings (SSSR count). The van der Waals surface area contributed by atoms with Crippen LogP contribution in [0.1, 0.15) is 56.6 Å². The minimum atomic E-state index is 0.996. The fourth-order valence-corrected chi connectivity index (χ4v) is 5.68. The smallest absolute Gasteiger partial charge is 0.145 e. The Morgan fingerprint density at radius 1 is 0.912 bits per heavy atom. The predicted molar refractivity (Wildman–Crippen MR) is 146 cm³/mol. The zero-order valence-electron chi connectivity index (χ0n) is 19.8. The van der Waals surface area contributed by atoms with E-state index >= 15 is 0 Å². The quantitative estimate of drug-likeness (QED) is 0.248. The van der Waals surface area contributed by atoms with E-state index in [1.165, 1.54) is 62.4 Å². The van der Waals surface area contributed by atoms with Gasteiger partial charge in [0.2, 0.25) is 0 Å². The zero-order valence-corrected chi connectivity index (χ0v) is 19.8. The maximum Gasteiger partial charge on any atom is 0.145 e. The minimum Gasteiger partial charge on any atom is -0.292 e. The van der Waals surface area contributed by atoms with Gasteiger partial charge in [-0.15, -0.1) is 0 Å². The van der Waals surface area contributed by atoms with Crippen molar-refractivity contribution in [1.29, 1.82) is 0 Å². The van der Waals surface area contributed by atoms with Gasteiger partial charge in [-0.25, -0.2) is 4.98 Å². The Kier molecular flexibility index (Phi) is 5.30. The molecule has 0 amide bonds. The highest BCUT2D eigenvalue weighted by atomic mass is 15.0. The Morgan fingerprint density at radius 3 is 2.50 bits per heavy atom. The first-order chi connectivity index (χ1) is 16.8. The third kappa shape index (κ3) is 3.28. The fraction of sp³-hybridized carbons (Fsp3) is 0.219. The van der Waals surface area contributed by atoms with Crippen LogP contribution in [-0.2, 0) is 0 Å². The Labute approximate surface area is 201 Å². The molecule has 2 heterocycles. The molecule has 0 saturated carbocycles. The van der Waals surface area contributed by atoms with Crippen LogP contribution in [0.3, 0.4) is 0 Å². The molecule has 0 saturated heterocycles. The lowest BCUT2D eigenvalue weighted by Crippen LogP contribution is -2.01. The monoisotopic (exact) mass is 442 g/mol. The van der Waals surface area contributed by atoms with Crippen LogP contribution >= 0.6 is 0 Å². The summed E-state index contributed by atoms with van der Waals surface area (Å²) >= 11 is 0. The average molecular weight is 443 g/mol. The number of fused-ring (bicyclic) bond motifs is 6. The number of aromatic nitrogens is 2. The van der Waals surface area contributed by atoms with Gasteiger partial charge in [-0.2, -0.15) is 0 Å². The topological polar surface area (TPSA) is 17.3 Å². The Hall–Kier alpha value is -3.65. The molecule has 0 aliphatic heterocycles. The molecule has 0 N–H and O–H groups in total. The molecule has 3 aromatic carbocycles. The summed E-state index contributed by atoms with van der Waals surface area (Å²) in [5.74, 6) is 0. The van der Waals surface area contributed by atoms with Crippen molar-refractivity contribution in [2.24, 2.45) is 0 Å². The molecular formula is C32H30N2. The van der Waals surface area contributed by atoms with Gasteiger partial charge in [-0.3, -0.25) is 4.40 Å². The lowest BCUT2D eigenvalue weighted by Gasteiger charge is -2.21. The van der Waals surface area contributed by atoms with Crippen LogP contribution < -0.4 is 0 Å². The van der Waals surface area contributed by atoms with Gasteiger partial charge < -0.3 is 0 Å². The number of hydrogen-bond acceptors (Lipinski definition) is 1. The summed E-state index contributed by atoms with van der Waals surface area (Å²) in [5, 5.41) is 3.70. The minimum absolute atomic E-state index is 0.996. The van der Waals surface area contributed by atoms with Crippen molar-refractivity contribution in [3.8, 4) is 11.3 Å². The van der Waals surface area contributed by atoms with Crippen molar-refractivity contribution >= 4 is 38.5 Å². The van der Waals surface area contributed by atoms with Crippen molar-refractivity contribution in [3.63, 3.8) is 0 Å². The van der Waals surface area contributed by atoms with Gasteiger partial charge in [-0.05, 0) is 65.8 Å². The first kappa shape index (κ1) is 20.9. The van der Waals surface area contributed by atoms with E-state index in [4.69, 9.17) is 4.98 Å². The number of para-hydroxylation sites is 1. The highest BCUT2D eigenvalue weighted by Crippen LogP contribution is 2.41. The normalized spacial score (nSPS) is 14.1. The summed E-state index contributed by atoms with van der Waals surface area (Å²) in [5.41, 5.74) is 9.92. The molecule has 2 heteroatoms. The van der Waals surface area contributed by atoms with Crippen LogP contribution in [0.2, 0.25) is 0 Å². The molecule has 5 aromatic rings. The van der Waals surface area contributed by atoms with E-state index in [0.29, 0.717) is 0 Å². The number of pyridine rings is 1. The predicted octanol–water partition coefficient (Wildman–Crippen LogP) is 9.08. The number of allylic oxidation sites excluding steroid dienone is 3. The summed E-state index contributed by atoms with van der Waals surface area (Å²) < 4.78 is 2.38. The van der Waals surface area contributed by atoms with E-state index in [0.717, 1.165) is 37.0 Å². The molecule has 2 aromatic heterocycles. The molecule has 0 unspecified atom stereocenters. The van der Waals surface area contributed by atoms with Gasteiger partial charge >= 0.3 is 0 Å². The average Bonchev–Trinajstić information content (AvgIpc) is 3.34. The molecule has 0 atom stereocenters. The zero-order chi connectivity index (χ0) is 23.1. The number of hydrogen-bond donors (Lipinski definition) is 0. The van der Waals surface area contributed by atoms with Crippen molar-refractivity contribution in [2.75, 3.05) is 0 Å². The van der Waals surface area contributed by atoms with Gasteiger partial charge in [0, 0.05) is 16.3 Å². The van der Waals surface area contributed by atoms with Crippen LogP contribution in [0.4, 0.5) is 0 Å². The van der Waals surface area contributed by atoms with Gasteiger partial charge in [0.1, 0.15) is 5.65 Å². The van der Waals surface area contributed by atoms with Crippen molar-refractivity contribution in [2.45, 2.75) is 45.4 Å². The first-order valence-corrected chi connectivity index (χ1v) is 12.6. The third-order valence-corrected chi connectivity index (χ3v) is 7.26. The molecular weight excluding hydrogens is 412 g/mol. The number of benzene rings is 3. The molecule has 1 aliphatic carbocycles. The highest BCUT2D eigenvalue weighted by molar-refractivity contribution is 6.12. The van der Waals surface area contributed by atoms with E-state index in [1.807, 2.05) is 0 Å². The van der Waals surface area contributed by atoms with Crippen LogP contribution in [0, 0.1) is 0 Å². The Bertz CT molecular complexity index is 1580. The second-order valence-corrected chi connectivity index (χ2v) is 9.42. The third-order valence-electron chi connectivity index (χ3n) is 7.26. The molecule has 0 spiro atoms. The molecule has 34 heavy (non-hydrogen) atoms. The second kappa shape index (κ2) is 8.61. The summed E-state index contributed by atoms with van der Waals surface area (Å²) in [6.07, 6.45) is 11.5. The van der Waals surface area contributed by atoms with Crippen molar-refractivity contribution < 1.29 is 0 Å². The number of rotatable bonds is 5. The van der Waals surface area contributed by atoms with E-state index in [-0.39, 0.29) is 0 Å². The Morgan fingerprint density at radius 2 is 1.71 bits per heavy atom. The van der Waals surface area contributed by atoms with E-state index in [2.05, 4.69) is 96.9 Å². The van der Waals surface area contributed by atoms with Crippen LogP contribution in [0.15, 0.2) is 85.6 Å². The van der Waals surface area contributed by atoms with Gasteiger partial charge in [0.15, 0.2) is 0 Å². The van der Waals surface area contributed by atoms with Crippen molar-refractivity contribution in [3.05, 3.63) is 96.7 Å². The van der Waals surface area contributed by atoms with E-state index in [9.17, 15) is 0 Å². The fourth-order valence-electron chi connectivity index (χ4n) is 5.68. The largest absolute Gasteiger partial charge is 0.292 e. The number of nitrogens with zero attached hydrogens (tertiary/aromatic N) is 2. The lowest BCUT2D eigenvalue weighted by molar-refractivity contribution is 0.742. The summed E-state index contributed by atoms with van der Waals surface area (Å²) in [6, 6.07) is 24.1. The van der Waals surface area contributed by atoms with Gasteiger partial charge in [-0.1, -0.05) is 86.7 Å². The van der Waals surface area contributed by atoms with Gasteiger partial charge in [0.25, 0.3) is 0 Å². The first-order valence-electron chi connectivity index (χ1n) is 12.6. The van der Waals surface area contributed by atoms with E-state index < -0.39 is 0 Å². The summed E-state index contributed by atoms with van der Waals surface area (Å²) in [6.45, 7) is 6.74. The van der Waals surface area contributed by atoms with Gasteiger partial charge in [0.05, 0.1) is 17.4 Å². The molecule has 2 nitrogen and oxygen atoms in total. The van der Waals surface area contributed by atoms with Crippen LogP contribution in [0.5, 0.6) is 0 Å². The van der Waals surface area contributed by atoms with Crippen LogP contribution in [0.25, 0.3) is 49.7 Å².